The van der Waals surface area contributed by atoms with Gasteiger partial charge in [-0.25, -0.2) is 0 Å². The molecule has 1 N–H and O–H groups in total. The van der Waals surface area contributed by atoms with Crippen LogP contribution in [0.2, 0.25) is 0 Å². The van der Waals surface area contributed by atoms with Gasteiger partial charge in [0, 0.05) is 6.04 Å². The average molecular weight is 253 g/mol. The molecular weight excluding hydrogens is 230 g/mol. The summed E-state index contributed by atoms with van der Waals surface area (Å²) in [6, 6.07) is 18.0. The van der Waals surface area contributed by atoms with E-state index in [1.54, 1.807) is 0 Å². The number of nitrogens with one attached hydrogen (secondary N) is 1. The minimum Gasteiger partial charge on any atom is -0.313 e. The molecule has 0 spiro atoms. The van der Waals surface area contributed by atoms with E-state index in [-0.39, 0.29) is 0 Å². The lowest BCUT2D eigenvalue weighted by molar-refractivity contribution is 0.549. The summed E-state index contributed by atoms with van der Waals surface area (Å²) in [4.78, 5) is 0. The smallest absolute Gasteiger partial charge is 0.0320 e. The molecule has 1 unspecified atom stereocenters. The largest absolute Gasteiger partial charge is 0.313 e. The van der Waals surface area contributed by atoms with Crippen molar-refractivity contribution in [1.29, 1.82) is 0 Å². The molecule has 0 aliphatic carbocycles. The van der Waals surface area contributed by atoms with Gasteiger partial charge in [0.05, 0.1) is 0 Å². The summed E-state index contributed by atoms with van der Waals surface area (Å²) in [6.45, 7) is 4.30. The Balaban J connectivity index is 2.04. The lowest BCUT2D eigenvalue weighted by atomic mass is 9.97. The minimum atomic E-state index is 0.431. The molecule has 0 aromatic heterocycles. The Labute approximate surface area is 116 Å². The SMILES string of the molecule is CNC(CCc1cccc(C)c1)c1cccc(C)c1. The molecule has 0 aliphatic heterocycles. The summed E-state index contributed by atoms with van der Waals surface area (Å²) in [5.41, 5.74) is 5.48. The third kappa shape index (κ3) is 3.93. The maximum Gasteiger partial charge on any atom is 0.0320 e. The summed E-state index contributed by atoms with van der Waals surface area (Å²) >= 11 is 0. The van der Waals surface area contributed by atoms with Crippen LogP contribution in [0, 0.1) is 13.8 Å². The molecule has 0 fully saturated rings. The first-order chi connectivity index (χ1) is 9.19. The summed E-state index contributed by atoms with van der Waals surface area (Å²) in [7, 11) is 2.04. The first kappa shape index (κ1) is 13.8. The van der Waals surface area contributed by atoms with Crippen LogP contribution in [-0.4, -0.2) is 7.05 Å². The van der Waals surface area contributed by atoms with Crippen LogP contribution in [0.15, 0.2) is 48.5 Å². The van der Waals surface area contributed by atoms with Crippen molar-refractivity contribution in [2.45, 2.75) is 32.7 Å². The van der Waals surface area contributed by atoms with E-state index in [1.807, 2.05) is 7.05 Å². The second-order valence-electron chi connectivity index (χ2n) is 5.28. The van der Waals surface area contributed by atoms with Crippen LogP contribution in [0.5, 0.6) is 0 Å². The van der Waals surface area contributed by atoms with Crippen LogP contribution >= 0.6 is 0 Å². The van der Waals surface area contributed by atoms with E-state index >= 15 is 0 Å². The van der Waals surface area contributed by atoms with Gasteiger partial charge in [-0.2, -0.15) is 0 Å². The predicted molar refractivity (Wildman–Crippen MR) is 82.5 cm³/mol. The molecule has 1 atom stereocenters. The molecule has 100 valence electrons. The van der Waals surface area contributed by atoms with Crippen LogP contribution in [0.4, 0.5) is 0 Å². The quantitative estimate of drug-likeness (QED) is 0.842. The normalized spacial score (nSPS) is 12.4. The third-order valence-electron chi connectivity index (χ3n) is 3.60. The summed E-state index contributed by atoms with van der Waals surface area (Å²) in [5.74, 6) is 0. The van der Waals surface area contributed by atoms with E-state index in [0.717, 1.165) is 12.8 Å². The molecule has 2 rings (SSSR count). The van der Waals surface area contributed by atoms with Crippen molar-refractivity contribution in [1.82, 2.24) is 5.32 Å². The Kier molecular flexibility index (Phi) is 4.75. The Morgan fingerprint density at radius 3 is 2.26 bits per heavy atom. The van der Waals surface area contributed by atoms with Crippen LogP contribution in [-0.2, 0) is 6.42 Å². The van der Waals surface area contributed by atoms with Gasteiger partial charge < -0.3 is 5.32 Å². The Hall–Kier alpha value is -1.60. The van der Waals surface area contributed by atoms with Gasteiger partial charge in [-0.1, -0.05) is 59.7 Å². The van der Waals surface area contributed by atoms with E-state index in [4.69, 9.17) is 0 Å². The summed E-state index contributed by atoms with van der Waals surface area (Å²) < 4.78 is 0. The van der Waals surface area contributed by atoms with Crippen molar-refractivity contribution < 1.29 is 0 Å². The number of aryl methyl sites for hydroxylation is 3. The van der Waals surface area contributed by atoms with Gasteiger partial charge in [0.25, 0.3) is 0 Å². The molecule has 0 aliphatic rings. The predicted octanol–water partition coefficient (Wildman–Crippen LogP) is 4.20. The maximum absolute atomic E-state index is 3.43. The van der Waals surface area contributed by atoms with E-state index < -0.39 is 0 Å². The monoisotopic (exact) mass is 253 g/mol. The van der Waals surface area contributed by atoms with E-state index in [0.29, 0.717) is 6.04 Å². The highest BCUT2D eigenvalue weighted by molar-refractivity contribution is 5.26. The van der Waals surface area contributed by atoms with E-state index in [1.165, 1.54) is 22.3 Å². The zero-order chi connectivity index (χ0) is 13.7. The van der Waals surface area contributed by atoms with E-state index in [2.05, 4.69) is 67.7 Å². The number of hydrogen-bond donors (Lipinski definition) is 1. The lowest BCUT2D eigenvalue weighted by Gasteiger charge is -2.17. The maximum atomic E-state index is 3.43. The Morgan fingerprint density at radius 2 is 1.63 bits per heavy atom. The zero-order valence-electron chi connectivity index (χ0n) is 12.1. The topological polar surface area (TPSA) is 12.0 Å². The Bertz CT molecular complexity index is 531. The molecule has 2 aromatic carbocycles. The molecular formula is C18H23N. The van der Waals surface area contributed by atoms with Crippen molar-refractivity contribution in [2.24, 2.45) is 0 Å². The number of hydrogen-bond acceptors (Lipinski definition) is 1. The number of rotatable bonds is 5. The number of benzene rings is 2. The molecule has 2 aromatic rings. The third-order valence-corrected chi connectivity index (χ3v) is 3.60. The highest BCUT2D eigenvalue weighted by Crippen LogP contribution is 2.20. The first-order valence-electron chi connectivity index (χ1n) is 6.98. The van der Waals surface area contributed by atoms with Gasteiger partial charge in [0.15, 0.2) is 0 Å². The second-order valence-corrected chi connectivity index (χ2v) is 5.28. The summed E-state index contributed by atoms with van der Waals surface area (Å²) in [6.07, 6.45) is 2.24. The van der Waals surface area contributed by atoms with Crippen LogP contribution in [0.3, 0.4) is 0 Å². The van der Waals surface area contributed by atoms with Crippen LogP contribution in [0.1, 0.15) is 34.7 Å². The second kappa shape index (κ2) is 6.53. The first-order valence-corrected chi connectivity index (χ1v) is 6.98. The van der Waals surface area contributed by atoms with Gasteiger partial charge in [0.2, 0.25) is 0 Å². The van der Waals surface area contributed by atoms with Crippen LogP contribution in [0.25, 0.3) is 0 Å². The molecule has 0 radical (unpaired) electrons. The fourth-order valence-electron chi connectivity index (χ4n) is 2.54. The molecule has 0 saturated heterocycles. The highest BCUT2D eigenvalue weighted by Gasteiger charge is 2.09. The minimum absolute atomic E-state index is 0.431. The fourth-order valence-corrected chi connectivity index (χ4v) is 2.54. The molecule has 0 heterocycles. The molecule has 0 saturated carbocycles. The molecule has 19 heavy (non-hydrogen) atoms. The van der Waals surface area contributed by atoms with Crippen molar-refractivity contribution in [2.75, 3.05) is 7.05 Å². The van der Waals surface area contributed by atoms with Crippen molar-refractivity contribution in [3.8, 4) is 0 Å². The molecule has 0 amide bonds. The zero-order valence-corrected chi connectivity index (χ0v) is 12.1. The molecule has 1 heteroatoms. The standard InChI is InChI=1S/C18H23N/c1-14-6-4-8-16(12-14)10-11-18(19-3)17-9-5-7-15(2)13-17/h4-9,12-13,18-19H,10-11H2,1-3H3. The fraction of sp³-hybridized carbons (Fsp3) is 0.333. The Morgan fingerprint density at radius 1 is 0.947 bits per heavy atom. The van der Waals surface area contributed by atoms with Crippen molar-refractivity contribution >= 4 is 0 Å². The van der Waals surface area contributed by atoms with Gasteiger partial charge in [0.1, 0.15) is 0 Å². The molecule has 1 nitrogen and oxygen atoms in total. The van der Waals surface area contributed by atoms with Crippen molar-refractivity contribution in [3.05, 3.63) is 70.8 Å². The summed E-state index contributed by atoms with van der Waals surface area (Å²) in [5, 5.41) is 3.43. The van der Waals surface area contributed by atoms with E-state index in [9.17, 15) is 0 Å². The van der Waals surface area contributed by atoms with Gasteiger partial charge >= 0.3 is 0 Å². The van der Waals surface area contributed by atoms with Gasteiger partial charge in [-0.3, -0.25) is 0 Å². The van der Waals surface area contributed by atoms with Gasteiger partial charge in [-0.15, -0.1) is 0 Å². The van der Waals surface area contributed by atoms with Crippen molar-refractivity contribution in [3.63, 3.8) is 0 Å². The molecule has 0 bridgehead atoms. The van der Waals surface area contributed by atoms with Crippen LogP contribution < -0.4 is 5.32 Å². The average Bonchev–Trinajstić information content (AvgIpc) is 2.40. The van der Waals surface area contributed by atoms with Gasteiger partial charge in [-0.05, 0) is 44.9 Å². The lowest BCUT2D eigenvalue weighted by Crippen LogP contribution is -2.17. The highest BCUT2D eigenvalue weighted by atomic mass is 14.9.